The van der Waals surface area contributed by atoms with Crippen LogP contribution in [0.5, 0.6) is 0 Å². The van der Waals surface area contributed by atoms with Gasteiger partial charge in [0, 0.05) is 24.4 Å². The first kappa shape index (κ1) is 17.7. The lowest BCUT2D eigenvalue weighted by molar-refractivity contribution is -0.222. The first-order valence-electron chi connectivity index (χ1n) is 7.64. The molecule has 0 aromatic heterocycles. The van der Waals surface area contributed by atoms with Gasteiger partial charge in [0.25, 0.3) is 0 Å². The van der Waals surface area contributed by atoms with Crippen LogP contribution < -0.4 is 5.32 Å². The molecule has 2 amide bonds. The molecule has 1 saturated heterocycles. The summed E-state index contributed by atoms with van der Waals surface area (Å²) in [5, 5.41) is 12.8. The molecule has 3 atom stereocenters. The Morgan fingerprint density at radius 1 is 1.27 bits per heavy atom. The highest BCUT2D eigenvalue weighted by atomic mass is 32.2. The second-order valence-corrected chi connectivity index (χ2v) is 7.27. The number of nitrogens with zero attached hydrogens (tertiary/aromatic N) is 1. The van der Waals surface area contributed by atoms with Gasteiger partial charge in [-0.3, -0.25) is 0 Å². The zero-order chi connectivity index (χ0) is 16.3. The van der Waals surface area contributed by atoms with Crippen molar-refractivity contribution < 1.29 is 23.1 Å². The normalized spacial score (nSPS) is 28.7. The first-order chi connectivity index (χ1) is 10.3. The van der Waals surface area contributed by atoms with Gasteiger partial charge in [0.2, 0.25) is 0 Å². The number of likely N-dealkylation sites (tertiary alicyclic amines) is 1. The van der Waals surface area contributed by atoms with E-state index in [1.807, 2.05) is 0 Å². The quantitative estimate of drug-likeness (QED) is 0.830. The Morgan fingerprint density at radius 2 is 1.91 bits per heavy atom. The Labute approximate surface area is 132 Å². The van der Waals surface area contributed by atoms with Crippen molar-refractivity contribution in [3.8, 4) is 0 Å². The highest BCUT2D eigenvalue weighted by molar-refractivity contribution is 7.99. The lowest BCUT2D eigenvalue weighted by Gasteiger charge is -2.35. The number of aliphatic hydroxyl groups excluding tert-OH is 1. The number of amides is 2. The molecule has 0 bridgehead atoms. The number of halogens is 3. The summed E-state index contributed by atoms with van der Waals surface area (Å²) < 4.78 is 37.5. The second-order valence-electron chi connectivity index (χ2n) is 6.13. The van der Waals surface area contributed by atoms with Gasteiger partial charge < -0.3 is 15.3 Å². The molecule has 1 heterocycles. The molecule has 128 valence electrons. The number of aliphatic hydroxyl groups is 1. The third kappa shape index (κ3) is 4.44. The SMILES string of the molecule is CSC1CCC(NC(=O)N2CCC(C(O)C(F)(F)F)CC2)C1. The van der Waals surface area contributed by atoms with Gasteiger partial charge >= 0.3 is 12.2 Å². The predicted octanol–water partition coefficient (Wildman–Crippen LogP) is 2.62. The molecule has 4 nitrogen and oxygen atoms in total. The van der Waals surface area contributed by atoms with E-state index < -0.39 is 18.2 Å². The number of rotatable bonds is 3. The molecule has 1 saturated carbocycles. The average molecular weight is 340 g/mol. The predicted molar refractivity (Wildman–Crippen MR) is 79.8 cm³/mol. The van der Waals surface area contributed by atoms with Crippen molar-refractivity contribution >= 4 is 17.8 Å². The Hall–Kier alpha value is -0.630. The van der Waals surface area contributed by atoms with Crippen LogP contribution in [0, 0.1) is 5.92 Å². The molecule has 22 heavy (non-hydrogen) atoms. The number of urea groups is 1. The summed E-state index contributed by atoms with van der Waals surface area (Å²) in [6.45, 7) is 0.532. The van der Waals surface area contributed by atoms with E-state index in [1.54, 1.807) is 16.7 Å². The molecule has 0 radical (unpaired) electrons. The van der Waals surface area contributed by atoms with Gasteiger partial charge in [0.15, 0.2) is 6.10 Å². The van der Waals surface area contributed by atoms with E-state index in [1.165, 1.54) is 0 Å². The summed E-state index contributed by atoms with van der Waals surface area (Å²) in [6, 6.07) is -0.0184. The molecule has 1 aliphatic heterocycles. The third-order valence-electron chi connectivity index (χ3n) is 4.65. The van der Waals surface area contributed by atoms with Gasteiger partial charge in [-0.2, -0.15) is 24.9 Å². The number of thioether (sulfide) groups is 1. The van der Waals surface area contributed by atoms with Crippen molar-refractivity contribution in [3.05, 3.63) is 0 Å². The molecule has 2 fully saturated rings. The largest absolute Gasteiger partial charge is 0.414 e. The van der Waals surface area contributed by atoms with Crippen molar-refractivity contribution in [1.82, 2.24) is 10.2 Å². The van der Waals surface area contributed by atoms with E-state index in [0.717, 1.165) is 19.3 Å². The lowest BCUT2D eigenvalue weighted by Crippen LogP contribution is -2.49. The van der Waals surface area contributed by atoms with E-state index in [0.29, 0.717) is 5.25 Å². The lowest BCUT2D eigenvalue weighted by atomic mass is 9.91. The number of carbonyl (C=O) groups excluding carboxylic acids is 1. The Bertz CT molecular complexity index is 387. The fraction of sp³-hybridized carbons (Fsp3) is 0.929. The van der Waals surface area contributed by atoms with Crippen molar-refractivity contribution in [2.24, 2.45) is 5.92 Å². The number of carbonyl (C=O) groups is 1. The summed E-state index contributed by atoms with van der Waals surface area (Å²) in [6.07, 6.45) is -1.42. The van der Waals surface area contributed by atoms with Crippen molar-refractivity contribution in [1.29, 1.82) is 0 Å². The highest BCUT2D eigenvalue weighted by Gasteiger charge is 2.44. The van der Waals surface area contributed by atoms with E-state index in [-0.39, 0.29) is 38.0 Å². The molecular formula is C14H23F3N2O2S. The molecule has 0 aromatic rings. The van der Waals surface area contributed by atoms with E-state index in [9.17, 15) is 23.1 Å². The fourth-order valence-electron chi connectivity index (χ4n) is 3.24. The van der Waals surface area contributed by atoms with Crippen LogP contribution in [-0.4, -0.2) is 59.0 Å². The molecule has 2 N–H and O–H groups in total. The van der Waals surface area contributed by atoms with E-state index in [4.69, 9.17) is 0 Å². The maximum atomic E-state index is 12.5. The third-order valence-corrected chi connectivity index (χ3v) is 5.75. The van der Waals surface area contributed by atoms with Crippen LogP contribution in [0.2, 0.25) is 0 Å². The standard InChI is InChI=1S/C14H23F3N2O2S/c1-22-11-3-2-10(8-11)18-13(21)19-6-4-9(5-7-19)12(20)14(15,16)17/h9-12,20H,2-8H2,1H3,(H,18,21). The minimum Gasteiger partial charge on any atom is -0.383 e. The summed E-state index contributed by atoms with van der Waals surface area (Å²) >= 11 is 1.81. The molecule has 3 unspecified atom stereocenters. The van der Waals surface area contributed by atoms with Gasteiger partial charge in [0.1, 0.15) is 0 Å². The van der Waals surface area contributed by atoms with Gasteiger partial charge in [0.05, 0.1) is 0 Å². The van der Waals surface area contributed by atoms with Gasteiger partial charge in [-0.05, 0) is 44.3 Å². The molecule has 1 aliphatic carbocycles. The molecule has 2 rings (SSSR count). The van der Waals surface area contributed by atoms with E-state index >= 15 is 0 Å². The Balaban J connectivity index is 1.76. The van der Waals surface area contributed by atoms with Gasteiger partial charge in [-0.15, -0.1) is 0 Å². The number of nitrogens with one attached hydrogen (secondary N) is 1. The van der Waals surface area contributed by atoms with Crippen LogP contribution >= 0.6 is 11.8 Å². The maximum absolute atomic E-state index is 12.5. The monoisotopic (exact) mass is 340 g/mol. The Morgan fingerprint density at radius 3 is 2.41 bits per heavy atom. The zero-order valence-electron chi connectivity index (χ0n) is 12.6. The van der Waals surface area contributed by atoms with Crippen LogP contribution in [0.4, 0.5) is 18.0 Å². The first-order valence-corrected chi connectivity index (χ1v) is 8.93. The summed E-state index contributed by atoms with van der Waals surface area (Å²) in [7, 11) is 0. The molecule has 8 heteroatoms. The summed E-state index contributed by atoms with van der Waals surface area (Å²) in [5.74, 6) is -0.809. The minimum absolute atomic E-state index is 0.170. The number of hydrogen-bond acceptors (Lipinski definition) is 3. The van der Waals surface area contributed by atoms with Crippen LogP contribution in [0.1, 0.15) is 32.1 Å². The number of piperidine rings is 1. The van der Waals surface area contributed by atoms with Crippen molar-refractivity contribution in [3.63, 3.8) is 0 Å². The van der Waals surface area contributed by atoms with Crippen molar-refractivity contribution in [2.75, 3.05) is 19.3 Å². The number of hydrogen-bond donors (Lipinski definition) is 2. The fourth-order valence-corrected chi connectivity index (χ4v) is 4.03. The Kier molecular flexibility index (Phi) is 5.87. The molecule has 2 aliphatic rings. The number of alkyl halides is 3. The highest BCUT2D eigenvalue weighted by Crippen LogP contribution is 2.32. The second kappa shape index (κ2) is 7.29. The van der Waals surface area contributed by atoms with Gasteiger partial charge in [-0.25, -0.2) is 4.79 Å². The molecule has 0 spiro atoms. The smallest absolute Gasteiger partial charge is 0.383 e. The topological polar surface area (TPSA) is 52.6 Å². The molecular weight excluding hydrogens is 317 g/mol. The van der Waals surface area contributed by atoms with Crippen LogP contribution in [-0.2, 0) is 0 Å². The van der Waals surface area contributed by atoms with Crippen LogP contribution in [0.15, 0.2) is 0 Å². The molecule has 0 aromatic carbocycles. The summed E-state index contributed by atoms with van der Waals surface area (Å²) in [4.78, 5) is 13.7. The van der Waals surface area contributed by atoms with Crippen LogP contribution in [0.25, 0.3) is 0 Å². The average Bonchev–Trinajstić information content (AvgIpc) is 2.93. The summed E-state index contributed by atoms with van der Waals surface area (Å²) in [5.41, 5.74) is 0. The zero-order valence-corrected chi connectivity index (χ0v) is 13.4. The van der Waals surface area contributed by atoms with Crippen molar-refractivity contribution in [2.45, 2.75) is 55.7 Å². The van der Waals surface area contributed by atoms with E-state index in [2.05, 4.69) is 11.6 Å². The minimum atomic E-state index is -4.58. The van der Waals surface area contributed by atoms with Gasteiger partial charge in [-0.1, -0.05) is 0 Å². The maximum Gasteiger partial charge on any atom is 0.414 e. The van der Waals surface area contributed by atoms with Crippen LogP contribution in [0.3, 0.4) is 0 Å².